The second kappa shape index (κ2) is 17.6. The predicted molar refractivity (Wildman–Crippen MR) is 196 cm³/mol. The predicted octanol–water partition coefficient (Wildman–Crippen LogP) is 3.53. The van der Waals surface area contributed by atoms with Crippen LogP contribution in [0.2, 0.25) is 0 Å². The first kappa shape index (κ1) is 42.7. The summed E-state index contributed by atoms with van der Waals surface area (Å²) < 4.78 is 71.0. The van der Waals surface area contributed by atoms with Crippen molar-refractivity contribution in [3.63, 3.8) is 0 Å². The number of nitrogens with zero attached hydrogens (tertiary/aromatic N) is 4. The van der Waals surface area contributed by atoms with Gasteiger partial charge in [0.1, 0.15) is 11.8 Å². The standard InChI is InChI=1S/C36H52BF2N5O9S/c1-6-7-12-27-22-28(42-31(27)23-30-26(13-11-20-44(3,4)5)21-25(2)41(30)37(42,38)39)16-17-33(46)40-29(24-54(50,51)52)32(45)14-9-8-10-15-36(49)53-43-34(47)18-19-35(43)48/h21-23,29H,6-20,24H2,1-5H3,(H-,40,46,50,51,52). The average Bonchev–Trinajstić information content (AvgIpc) is 3.70. The smallest absolute Gasteiger partial charge is 0.737 e. The maximum absolute atomic E-state index is 16.6. The molecule has 1 atom stereocenters. The summed E-state index contributed by atoms with van der Waals surface area (Å²) in [5.74, 6) is -4.67. The van der Waals surface area contributed by atoms with E-state index in [0.29, 0.717) is 41.4 Å². The Morgan fingerprint density at radius 2 is 1.65 bits per heavy atom. The number of Topliss-reactive ketones (excluding diaryl/α,β-unsaturated/α-hetero) is 1. The molecule has 0 spiro atoms. The van der Waals surface area contributed by atoms with E-state index in [1.165, 1.54) is 0 Å². The third-order valence-electron chi connectivity index (χ3n) is 9.77. The van der Waals surface area contributed by atoms with Gasteiger partial charge in [-0.05, 0) is 56.4 Å². The minimum Gasteiger partial charge on any atom is -0.748 e. The molecular weight excluding hydrogens is 727 g/mol. The normalized spacial score (nSPS) is 17.3. The topological polar surface area (TPSA) is 175 Å². The first-order valence-corrected chi connectivity index (χ1v) is 20.2. The number of imide groups is 1. The van der Waals surface area contributed by atoms with Crippen molar-refractivity contribution in [3.05, 3.63) is 40.4 Å². The van der Waals surface area contributed by atoms with E-state index < -0.39 is 58.4 Å². The molecule has 3 amide bonds. The molecular formula is C36H52BF2N5O9S. The number of amides is 3. The summed E-state index contributed by atoms with van der Waals surface area (Å²) >= 11 is 0. The van der Waals surface area contributed by atoms with Gasteiger partial charge in [-0.25, -0.2) is 13.2 Å². The van der Waals surface area contributed by atoms with Crippen molar-refractivity contribution in [1.29, 1.82) is 0 Å². The first-order chi connectivity index (χ1) is 25.2. The Labute approximate surface area is 315 Å². The van der Waals surface area contributed by atoms with E-state index in [4.69, 9.17) is 4.84 Å². The number of aryl methyl sites for hydroxylation is 2. The summed E-state index contributed by atoms with van der Waals surface area (Å²) in [4.78, 5) is 66.1. The lowest BCUT2D eigenvalue weighted by Gasteiger charge is -2.31. The number of fused-ring (bicyclic) bond motifs is 2. The van der Waals surface area contributed by atoms with Crippen LogP contribution in [0.5, 0.6) is 0 Å². The molecule has 1 aromatic rings. The van der Waals surface area contributed by atoms with Crippen molar-refractivity contribution in [2.24, 2.45) is 0 Å². The quantitative estimate of drug-likeness (QED) is 0.0644. The number of carbonyl (C=O) groups is 5. The number of rotatable bonds is 21. The largest absolute Gasteiger partial charge is 0.748 e. The highest BCUT2D eigenvalue weighted by atomic mass is 32.2. The van der Waals surface area contributed by atoms with E-state index in [0.717, 1.165) is 50.4 Å². The Morgan fingerprint density at radius 1 is 0.981 bits per heavy atom. The van der Waals surface area contributed by atoms with Gasteiger partial charge in [-0.1, -0.05) is 19.8 Å². The van der Waals surface area contributed by atoms with Crippen molar-refractivity contribution in [2.45, 2.75) is 110 Å². The number of halogens is 2. The Bertz CT molecular complexity index is 1850. The van der Waals surface area contributed by atoms with Crippen LogP contribution < -0.4 is 5.32 Å². The van der Waals surface area contributed by atoms with Crippen LogP contribution >= 0.6 is 0 Å². The summed E-state index contributed by atoms with van der Waals surface area (Å²) in [6.45, 7) is 0.228. The van der Waals surface area contributed by atoms with E-state index >= 15 is 8.63 Å². The SMILES string of the molecule is CCCCC1=CC(CCC(=O)NC(CS(=O)(=O)[O-])C(=O)CCCCCC(=O)ON2C(=O)CCC2=O)=[N+]2C1=Cc1c(CCC[N+](C)(C)C)cc(C)n1[B-]2(F)F. The van der Waals surface area contributed by atoms with Gasteiger partial charge in [-0.2, -0.15) is 0 Å². The molecule has 1 aromatic heterocycles. The molecule has 1 fully saturated rings. The van der Waals surface area contributed by atoms with Crippen LogP contribution in [0.1, 0.15) is 107 Å². The van der Waals surface area contributed by atoms with Crippen molar-refractivity contribution < 1.29 is 59.4 Å². The minimum atomic E-state index is -4.94. The summed E-state index contributed by atoms with van der Waals surface area (Å²) in [6, 6.07) is 0.178. The number of aromatic nitrogens is 1. The lowest BCUT2D eigenvalue weighted by Crippen LogP contribution is -2.51. The Kier molecular flexibility index (Phi) is 13.9. The number of unbranched alkanes of at least 4 members (excludes halogenated alkanes) is 3. The summed E-state index contributed by atoms with van der Waals surface area (Å²) in [7, 11) is 1.32. The lowest BCUT2D eigenvalue weighted by molar-refractivity contribution is -0.870. The second-order valence-electron chi connectivity index (χ2n) is 15.4. The Morgan fingerprint density at radius 3 is 2.28 bits per heavy atom. The molecule has 3 aliphatic heterocycles. The maximum Gasteiger partial charge on any atom is 0.737 e. The fourth-order valence-electron chi connectivity index (χ4n) is 7.10. The van der Waals surface area contributed by atoms with Crippen LogP contribution in [0.15, 0.2) is 23.4 Å². The molecule has 14 nitrogen and oxygen atoms in total. The fourth-order valence-corrected chi connectivity index (χ4v) is 7.78. The summed E-state index contributed by atoms with van der Waals surface area (Å²) in [6.07, 6.45) is 6.99. The van der Waals surface area contributed by atoms with Gasteiger partial charge in [0, 0.05) is 68.4 Å². The number of quaternary nitrogens is 1. The molecule has 1 unspecified atom stereocenters. The lowest BCUT2D eigenvalue weighted by atomic mass is 9.88. The third kappa shape index (κ3) is 11.0. The van der Waals surface area contributed by atoms with Crippen LogP contribution in [0, 0.1) is 6.92 Å². The first-order valence-electron chi connectivity index (χ1n) is 18.7. The van der Waals surface area contributed by atoms with Crippen molar-refractivity contribution in [3.8, 4) is 0 Å². The molecule has 4 heterocycles. The molecule has 54 heavy (non-hydrogen) atoms. The Balaban J connectivity index is 1.41. The molecule has 18 heteroatoms. The zero-order valence-corrected chi connectivity index (χ0v) is 32.6. The molecule has 298 valence electrons. The molecule has 3 aliphatic rings. The van der Waals surface area contributed by atoms with E-state index in [9.17, 15) is 36.9 Å². The molecule has 0 radical (unpaired) electrons. The van der Waals surface area contributed by atoms with Gasteiger partial charge in [0.2, 0.25) is 5.91 Å². The molecule has 0 saturated carbocycles. The number of hydrogen-bond acceptors (Lipinski definition) is 9. The number of hydrogen-bond donors (Lipinski definition) is 1. The summed E-state index contributed by atoms with van der Waals surface area (Å²) in [5, 5.41) is 2.77. The number of allylic oxidation sites excluding steroid dienone is 2. The average molecular weight is 780 g/mol. The van der Waals surface area contributed by atoms with Crippen LogP contribution in [-0.2, 0) is 45.3 Å². The van der Waals surface area contributed by atoms with Gasteiger partial charge < -0.3 is 36.8 Å². The zero-order chi connectivity index (χ0) is 40.0. The fraction of sp³-hybridized carbons (Fsp3) is 0.611. The van der Waals surface area contributed by atoms with Gasteiger partial charge in [0.25, 0.3) is 11.8 Å². The van der Waals surface area contributed by atoms with Crippen LogP contribution in [-0.4, -0.2) is 113 Å². The maximum atomic E-state index is 16.6. The Hall–Kier alpha value is -4.03. The summed E-state index contributed by atoms with van der Waals surface area (Å²) in [5.41, 5.74) is 3.15. The highest BCUT2D eigenvalue weighted by molar-refractivity contribution is 7.85. The molecule has 4 rings (SSSR count). The van der Waals surface area contributed by atoms with Gasteiger partial charge in [-0.3, -0.25) is 19.2 Å². The van der Waals surface area contributed by atoms with Gasteiger partial charge in [0.05, 0.1) is 43.6 Å². The highest BCUT2D eigenvalue weighted by Crippen LogP contribution is 2.39. The van der Waals surface area contributed by atoms with Crippen molar-refractivity contribution in [1.82, 2.24) is 14.9 Å². The zero-order valence-electron chi connectivity index (χ0n) is 31.8. The number of ketones is 1. The van der Waals surface area contributed by atoms with Crippen LogP contribution in [0.4, 0.5) is 8.63 Å². The van der Waals surface area contributed by atoms with Gasteiger partial charge in [-0.15, -0.1) is 5.06 Å². The molecule has 0 aromatic carbocycles. The molecule has 0 bridgehead atoms. The van der Waals surface area contributed by atoms with E-state index in [1.54, 1.807) is 13.0 Å². The minimum absolute atomic E-state index is 0.0394. The molecule has 0 aliphatic carbocycles. The third-order valence-corrected chi connectivity index (χ3v) is 10.5. The number of hydroxylamine groups is 2. The highest BCUT2D eigenvalue weighted by Gasteiger charge is 2.54. The number of carbonyl (C=O) groups excluding carboxylic acids is 5. The van der Waals surface area contributed by atoms with Gasteiger partial charge in [0.15, 0.2) is 11.5 Å². The van der Waals surface area contributed by atoms with E-state index in [2.05, 4.69) is 26.5 Å². The second-order valence-corrected chi connectivity index (χ2v) is 16.8. The number of nitrogens with one attached hydrogen (secondary N) is 1. The van der Waals surface area contributed by atoms with Crippen LogP contribution in [0.25, 0.3) is 6.08 Å². The molecule has 1 N–H and O–H groups in total. The molecule has 1 saturated heterocycles. The van der Waals surface area contributed by atoms with Crippen molar-refractivity contribution >= 4 is 58.3 Å². The van der Waals surface area contributed by atoms with E-state index in [1.807, 2.05) is 19.1 Å². The monoisotopic (exact) mass is 779 g/mol. The van der Waals surface area contributed by atoms with Crippen molar-refractivity contribution in [2.75, 3.05) is 33.4 Å². The van der Waals surface area contributed by atoms with Gasteiger partial charge >= 0.3 is 12.9 Å². The van der Waals surface area contributed by atoms with Crippen LogP contribution in [0.3, 0.4) is 0 Å². The van der Waals surface area contributed by atoms with E-state index in [-0.39, 0.29) is 57.1 Å².